The molecule has 21 heavy (non-hydrogen) atoms. The molecule has 8 heteroatoms. The van der Waals surface area contributed by atoms with E-state index in [-0.39, 0.29) is 12.7 Å². The van der Waals surface area contributed by atoms with Gasteiger partial charge >= 0.3 is 12.4 Å². The maximum Gasteiger partial charge on any atom is 0.416 e. The number of benzene rings is 1. The summed E-state index contributed by atoms with van der Waals surface area (Å²) in [5.41, 5.74) is -3.26. The molecule has 0 spiro atoms. The van der Waals surface area contributed by atoms with E-state index in [9.17, 15) is 26.3 Å². The zero-order valence-electron chi connectivity index (χ0n) is 11.3. The Bertz CT molecular complexity index is 460. The summed E-state index contributed by atoms with van der Waals surface area (Å²) >= 11 is 4.04. The highest BCUT2D eigenvalue weighted by Gasteiger charge is 2.37. The maximum absolute atomic E-state index is 12.6. The summed E-state index contributed by atoms with van der Waals surface area (Å²) in [6.45, 7) is 3.42. The number of thiol groups is 1. The fourth-order valence-electron chi connectivity index (χ4n) is 1.33. The van der Waals surface area contributed by atoms with Crippen molar-refractivity contribution in [3.8, 4) is 5.75 Å². The van der Waals surface area contributed by atoms with E-state index in [0.717, 1.165) is 0 Å². The van der Waals surface area contributed by atoms with Gasteiger partial charge < -0.3 is 4.74 Å². The van der Waals surface area contributed by atoms with Crippen LogP contribution in [0.1, 0.15) is 25.0 Å². The van der Waals surface area contributed by atoms with Crippen LogP contribution in [0.15, 0.2) is 18.2 Å². The lowest BCUT2D eigenvalue weighted by molar-refractivity contribution is -0.143. The topological polar surface area (TPSA) is 9.23 Å². The van der Waals surface area contributed by atoms with Crippen LogP contribution < -0.4 is 4.74 Å². The molecule has 0 saturated carbocycles. The maximum atomic E-state index is 12.6. The summed E-state index contributed by atoms with van der Waals surface area (Å²) in [5, 5.41) is 0. The average Bonchev–Trinajstić information content (AvgIpc) is 2.34. The molecule has 1 aromatic rings. The lowest BCUT2D eigenvalue weighted by atomic mass is 9.98. The Balaban J connectivity index is 3.14. The van der Waals surface area contributed by atoms with Gasteiger partial charge in [0.1, 0.15) is 5.75 Å². The summed E-state index contributed by atoms with van der Waals surface area (Å²) in [4.78, 5) is 0. The van der Waals surface area contributed by atoms with Crippen molar-refractivity contribution in [2.45, 2.75) is 26.2 Å². The Morgan fingerprint density at radius 3 is 1.67 bits per heavy atom. The highest BCUT2D eigenvalue weighted by Crippen LogP contribution is 2.38. The van der Waals surface area contributed by atoms with Crippen molar-refractivity contribution >= 4 is 12.6 Å². The molecule has 0 aliphatic heterocycles. The molecule has 0 aromatic heterocycles. The van der Waals surface area contributed by atoms with Crippen LogP contribution in [0.3, 0.4) is 0 Å². The van der Waals surface area contributed by atoms with Gasteiger partial charge in [0.25, 0.3) is 0 Å². The van der Waals surface area contributed by atoms with E-state index >= 15 is 0 Å². The minimum Gasteiger partial charge on any atom is -0.493 e. The molecule has 0 atom stereocenters. The average molecular weight is 332 g/mol. The zero-order chi connectivity index (χ0) is 16.5. The molecular weight excluding hydrogens is 318 g/mol. The molecule has 1 nitrogen and oxygen atoms in total. The quantitative estimate of drug-likeness (QED) is 0.599. The number of rotatable bonds is 4. The molecule has 0 fully saturated rings. The van der Waals surface area contributed by atoms with Crippen LogP contribution in [0.4, 0.5) is 26.3 Å². The molecule has 0 N–H and O–H groups in total. The Morgan fingerprint density at radius 2 is 1.33 bits per heavy atom. The van der Waals surface area contributed by atoms with Crippen LogP contribution in [-0.4, -0.2) is 12.4 Å². The normalized spacial score (nSPS) is 13.4. The van der Waals surface area contributed by atoms with E-state index in [1.54, 1.807) is 13.8 Å². The first-order valence-corrected chi connectivity index (χ1v) is 6.51. The Kier molecular flexibility index (Phi) is 5.13. The van der Waals surface area contributed by atoms with Gasteiger partial charge in [-0.25, -0.2) is 0 Å². The molecule has 1 aromatic carbocycles. The van der Waals surface area contributed by atoms with E-state index in [0.29, 0.717) is 17.9 Å². The highest BCUT2D eigenvalue weighted by atomic mass is 32.1. The second-order valence-corrected chi connectivity index (χ2v) is 5.67. The summed E-state index contributed by atoms with van der Waals surface area (Å²) in [7, 11) is 0. The second-order valence-electron chi connectivity index (χ2n) is 5.35. The molecular formula is C13H14F6OS. The predicted molar refractivity (Wildman–Crippen MR) is 69.6 cm³/mol. The smallest absolute Gasteiger partial charge is 0.416 e. The van der Waals surface area contributed by atoms with Crippen molar-refractivity contribution in [3.63, 3.8) is 0 Å². The van der Waals surface area contributed by atoms with Crippen LogP contribution in [0.5, 0.6) is 5.75 Å². The van der Waals surface area contributed by atoms with Crippen molar-refractivity contribution in [1.82, 2.24) is 0 Å². The van der Waals surface area contributed by atoms with Crippen molar-refractivity contribution in [3.05, 3.63) is 29.3 Å². The van der Waals surface area contributed by atoms with E-state index in [1.165, 1.54) is 0 Å². The fourth-order valence-corrected chi connectivity index (χ4v) is 1.43. The van der Waals surface area contributed by atoms with Gasteiger partial charge in [-0.15, -0.1) is 0 Å². The van der Waals surface area contributed by atoms with Crippen molar-refractivity contribution in [2.75, 3.05) is 12.4 Å². The molecule has 0 aliphatic rings. The van der Waals surface area contributed by atoms with E-state index in [2.05, 4.69) is 12.6 Å². The fraction of sp³-hybridized carbons (Fsp3) is 0.538. The lowest BCUT2D eigenvalue weighted by Gasteiger charge is -2.23. The Morgan fingerprint density at radius 1 is 0.905 bits per heavy atom. The molecule has 0 aliphatic carbocycles. The Hall–Kier alpha value is -1.05. The molecule has 0 radical (unpaired) electrons. The standard InChI is InChI=1S/C13H14F6OS/c1-11(2,7-21)6-20-10-4-8(12(14,15)16)3-9(5-10)13(17,18)19/h3-5,21H,6-7H2,1-2H3. The lowest BCUT2D eigenvalue weighted by Crippen LogP contribution is -2.23. The third-order valence-corrected chi connectivity index (χ3v) is 3.47. The van der Waals surface area contributed by atoms with Gasteiger partial charge in [0.2, 0.25) is 0 Å². The number of hydrogen-bond acceptors (Lipinski definition) is 2. The summed E-state index contributed by atoms with van der Waals surface area (Å²) < 4.78 is 80.9. The molecule has 0 amide bonds. The van der Waals surface area contributed by atoms with E-state index in [1.807, 2.05) is 0 Å². The van der Waals surface area contributed by atoms with Crippen molar-refractivity contribution in [2.24, 2.45) is 5.41 Å². The molecule has 0 bridgehead atoms. The van der Waals surface area contributed by atoms with Gasteiger partial charge in [-0.2, -0.15) is 39.0 Å². The summed E-state index contributed by atoms with van der Waals surface area (Å²) in [6, 6.07) is 1.18. The van der Waals surface area contributed by atoms with E-state index in [4.69, 9.17) is 4.74 Å². The van der Waals surface area contributed by atoms with Gasteiger partial charge in [-0.3, -0.25) is 0 Å². The SMILES string of the molecule is CC(C)(CS)COc1cc(C(F)(F)F)cc(C(F)(F)F)c1. The van der Waals surface area contributed by atoms with Gasteiger partial charge in [0.15, 0.2) is 0 Å². The predicted octanol–water partition coefficient (Wildman–Crippen LogP) is 5.06. The molecule has 0 unspecified atom stereocenters. The van der Waals surface area contributed by atoms with Crippen molar-refractivity contribution in [1.29, 1.82) is 0 Å². The Labute approximate surface area is 123 Å². The highest BCUT2D eigenvalue weighted by molar-refractivity contribution is 7.80. The summed E-state index contributed by atoms with van der Waals surface area (Å²) in [5.74, 6) is -0.0926. The second kappa shape index (κ2) is 5.98. The zero-order valence-corrected chi connectivity index (χ0v) is 12.2. The van der Waals surface area contributed by atoms with E-state index < -0.39 is 34.6 Å². The summed E-state index contributed by atoms with van der Waals surface area (Å²) in [6.07, 6.45) is -9.75. The first kappa shape index (κ1) is 18.0. The first-order valence-electron chi connectivity index (χ1n) is 5.88. The van der Waals surface area contributed by atoms with Crippen molar-refractivity contribution < 1.29 is 31.1 Å². The van der Waals surface area contributed by atoms with Gasteiger partial charge in [0.05, 0.1) is 17.7 Å². The van der Waals surface area contributed by atoms with Gasteiger partial charge in [0, 0.05) is 5.41 Å². The molecule has 0 saturated heterocycles. The molecule has 1 rings (SSSR count). The monoisotopic (exact) mass is 332 g/mol. The van der Waals surface area contributed by atoms with Crippen LogP contribution in [0, 0.1) is 5.41 Å². The number of hydrogen-bond donors (Lipinski definition) is 1. The molecule has 0 heterocycles. The first-order chi connectivity index (χ1) is 9.35. The largest absolute Gasteiger partial charge is 0.493 e. The minimum atomic E-state index is -4.88. The molecule has 120 valence electrons. The van der Waals surface area contributed by atoms with Crippen LogP contribution in [0.2, 0.25) is 0 Å². The van der Waals surface area contributed by atoms with Crippen LogP contribution in [0.25, 0.3) is 0 Å². The van der Waals surface area contributed by atoms with Gasteiger partial charge in [-0.05, 0) is 24.0 Å². The van der Waals surface area contributed by atoms with Gasteiger partial charge in [-0.1, -0.05) is 13.8 Å². The number of ether oxygens (including phenoxy) is 1. The number of halogens is 6. The third-order valence-electron chi connectivity index (χ3n) is 2.62. The third kappa shape index (κ3) is 5.33. The number of alkyl halides is 6. The minimum absolute atomic E-state index is 0.0465. The van der Waals surface area contributed by atoms with Crippen LogP contribution >= 0.6 is 12.6 Å². The van der Waals surface area contributed by atoms with Crippen LogP contribution in [-0.2, 0) is 12.4 Å².